The first-order valence-electron chi connectivity index (χ1n) is 44.5. The van der Waals surface area contributed by atoms with E-state index in [9.17, 15) is 28.8 Å². The molecule has 0 aliphatic carbocycles. The van der Waals surface area contributed by atoms with E-state index in [0.29, 0.717) is 82.6 Å². The number of carbonyl (C=O) groups is 6. The molecule has 0 spiro atoms. The number of thioether (sulfide) groups is 2. The predicted molar refractivity (Wildman–Crippen MR) is 559 cm³/mol. The molecule has 132 heavy (non-hydrogen) atoms. The van der Waals surface area contributed by atoms with Crippen LogP contribution in [0.4, 0.5) is 0 Å². The van der Waals surface area contributed by atoms with Gasteiger partial charge in [-0.1, -0.05) is 349 Å². The van der Waals surface area contributed by atoms with E-state index < -0.39 is 5.91 Å². The average Bonchev–Trinajstić information content (AvgIpc) is 0.961. The minimum absolute atomic E-state index is 0.0500. The Hall–Kier alpha value is -9.09. The summed E-state index contributed by atoms with van der Waals surface area (Å²) in [7, 11) is 0. The molecule has 0 saturated heterocycles. The van der Waals surface area contributed by atoms with Crippen molar-refractivity contribution in [2.75, 3.05) is 41.9 Å². The number of nitrogens with one attached hydrogen (secondary N) is 2. The molecule has 0 heterocycles. The molecule has 23 nitrogen and oxygen atoms in total. The summed E-state index contributed by atoms with van der Waals surface area (Å²) in [6, 6.07) is 89.5. The summed E-state index contributed by atoms with van der Waals surface area (Å²) in [6.07, 6.45) is 12.8. The van der Waals surface area contributed by atoms with Crippen LogP contribution >= 0.6 is 61.4 Å². The quantitative estimate of drug-likeness (QED) is 0.00554. The third-order valence-electron chi connectivity index (χ3n) is 18.5. The monoisotopic (exact) mass is 1900 g/mol. The van der Waals surface area contributed by atoms with Crippen LogP contribution in [-0.2, 0) is 102 Å². The number of amides is 4. The smallest absolute Gasteiger partial charge is 0.245 e. The van der Waals surface area contributed by atoms with Crippen LogP contribution in [0.1, 0.15) is 137 Å². The lowest BCUT2D eigenvalue weighted by atomic mass is 10.0. The Morgan fingerprint density at radius 3 is 0.970 bits per heavy atom. The van der Waals surface area contributed by atoms with E-state index in [2.05, 4.69) is 121 Å². The van der Waals surface area contributed by atoms with Crippen LogP contribution < -0.4 is 62.6 Å². The fraction of sp³-hybridized carbons (Fsp3) is 0.385. The first-order valence-corrected chi connectivity index (χ1v) is 48.4. The lowest BCUT2D eigenvalue weighted by molar-refractivity contribution is -0.179. The first kappa shape index (κ1) is 121. The van der Waals surface area contributed by atoms with E-state index in [0.717, 1.165) is 113 Å². The van der Waals surface area contributed by atoms with Crippen molar-refractivity contribution in [2.24, 2.45) is 63.4 Å². The van der Waals surface area contributed by atoms with E-state index in [1.165, 1.54) is 50.3 Å². The molecule has 9 unspecified atom stereocenters. The van der Waals surface area contributed by atoms with Gasteiger partial charge >= 0.3 is 0 Å². The van der Waals surface area contributed by atoms with Crippen LogP contribution in [0.5, 0.6) is 0 Å². The number of hydroxylamine groups is 6. The van der Waals surface area contributed by atoms with E-state index in [-0.39, 0.29) is 83.4 Å². The molecule has 4 amide bonds. The summed E-state index contributed by atoms with van der Waals surface area (Å²) in [4.78, 5) is 81.8. The molecule has 722 valence electrons. The van der Waals surface area contributed by atoms with Gasteiger partial charge in [-0.3, -0.25) is 48.5 Å². The fourth-order valence-electron chi connectivity index (χ4n) is 12.1. The lowest BCUT2D eigenvalue weighted by Crippen LogP contribution is -2.38. The number of thiol groups is 3. The highest BCUT2D eigenvalue weighted by Crippen LogP contribution is 2.15. The summed E-state index contributed by atoms with van der Waals surface area (Å²) in [5.74, 6) is 4.40. The van der Waals surface area contributed by atoms with Crippen LogP contribution in [0.3, 0.4) is 0 Å². The molecular formula is C104H151N13O10S5. The van der Waals surface area contributed by atoms with Crippen molar-refractivity contribution in [3.8, 4) is 0 Å². The van der Waals surface area contributed by atoms with Gasteiger partial charge in [-0.2, -0.15) is 37.9 Å². The van der Waals surface area contributed by atoms with Gasteiger partial charge in [0.05, 0.1) is 19.7 Å². The van der Waals surface area contributed by atoms with Gasteiger partial charge in [-0.25, -0.2) is 21.1 Å². The second kappa shape index (κ2) is 79.3. The van der Waals surface area contributed by atoms with Crippen molar-refractivity contribution in [2.45, 2.75) is 199 Å². The van der Waals surface area contributed by atoms with Gasteiger partial charge in [0.1, 0.15) is 13.2 Å². The third-order valence-corrected chi connectivity index (χ3v) is 21.5. The molecular weight excluding hydrogens is 1750 g/mol. The van der Waals surface area contributed by atoms with Crippen LogP contribution in [0.15, 0.2) is 298 Å². The number of hydrogen-bond donors (Lipinski definition) is 15. The molecule has 0 aliphatic rings. The Morgan fingerprint density at radius 2 is 0.659 bits per heavy atom. The van der Waals surface area contributed by atoms with Crippen molar-refractivity contribution in [3.63, 3.8) is 0 Å². The van der Waals surface area contributed by atoms with Crippen molar-refractivity contribution in [1.29, 1.82) is 0 Å². The van der Waals surface area contributed by atoms with Crippen LogP contribution in [-0.4, -0.2) is 146 Å². The van der Waals surface area contributed by atoms with Gasteiger partial charge in [-0.15, -0.1) is 0 Å². The third kappa shape index (κ3) is 70.6. The van der Waals surface area contributed by atoms with Gasteiger partial charge in [0.25, 0.3) is 0 Å². The molecule has 9 rings (SSSR count). The normalized spacial score (nSPS) is 12.4. The predicted octanol–water partition coefficient (Wildman–Crippen LogP) is 15.3. The Bertz CT molecular complexity index is 4340. The maximum absolute atomic E-state index is 11.7. The van der Waals surface area contributed by atoms with E-state index in [1.54, 1.807) is 25.4 Å². The Kier molecular flexibility index (Phi) is 72.6. The fourth-order valence-corrected chi connectivity index (χ4v) is 14.1. The summed E-state index contributed by atoms with van der Waals surface area (Å²) in [6.45, 7) is 20.9. The van der Waals surface area contributed by atoms with Gasteiger partial charge in [0.2, 0.25) is 24.6 Å². The van der Waals surface area contributed by atoms with Gasteiger partial charge in [-0.05, 0) is 144 Å². The minimum atomic E-state index is -0.451. The summed E-state index contributed by atoms with van der Waals surface area (Å²) in [5, 5.41) is 11.1. The van der Waals surface area contributed by atoms with Crippen LogP contribution in [0, 0.1) is 11.8 Å². The maximum Gasteiger partial charge on any atom is 0.245 e. The molecule has 0 saturated carbocycles. The van der Waals surface area contributed by atoms with Gasteiger partial charge in [0, 0.05) is 98.3 Å². The average molecular weight is 1900 g/mol. The number of carbonyl (C=O) groups excluding carboxylic acids is 6. The number of nitrogens with two attached hydrogens (primary N) is 9. The number of hydrogen-bond acceptors (Lipinski definition) is 24. The highest BCUT2D eigenvalue weighted by molar-refractivity contribution is 8.13. The van der Waals surface area contributed by atoms with Gasteiger partial charge in [0.15, 0.2) is 10.2 Å². The highest BCUT2D eigenvalue weighted by atomic mass is 32.2. The second-order valence-electron chi connectivity index (χ2n) is 32.3. The molecule has 0 fully saturated rings. The van der Waals surface area contributed by atoms with Crippen LogP contribution in [0.2, 0.25) is 0 Å². The Labute approximate surface area is 812 Å². The van der Waals surface area contributed by atoms with E-state index in [1.807, 2.05) is 237 Å². The minimum Gasteiger partial charge on any atom is -0.327 e. The van der Waals surface area contributed by atoms with E-state index in [4.69, 9.17) is 71.3 Å². The zero-order valence-electron chi connectivity index (χ0n) is 78.1. The van der Waals surface area contributed by atoms with Crippen molar-refractivity contribution >= 4 is 96.3 Å². The summed E-state index contributed by atoms with van der Waals surface area (Å²) < 4.78 is 0. The molecule has 21 N–H and O–H groups in total. The molecule has 9 aromatic carbocycles. The lowest BCUT2D eigenvalue weighted by Gasteiger charge is -2.22. The van der Waals surface area contributed by atoms with E-state index >= 15 is 0 Å². The van der Waals surface area contributed by atoms with Crippen molar-refractivity contribution in [3.05, 3.63) is 348 Å². The molecule has 0 radical (unpaired) electrons. The molecule has 9 aromatic rings. The SMILES string of the molecule is C=CC(=C)CC(N)CCS.CC(=O)SCC(N)CC(C)C.CC(=O)SCC(N)Cc1ccccc1.CC(C)CC(N)CN(C=O)OCc1ccccc1.NC(CC(=O)NO)Cc1ccccc1.NC(CC(=O)NOCc1ccccc1)Cc1ccccc1.NC(CCS)Cc1ccccc1.NC(CS)Cc1ccccc1.NC(Cc1ccccc1)CN(C=O)OCc1ccccc1. The van der Waals surface area contributed by atoms with Gasteiger partial charge < -0.3 is 51.6 Å². The standard InChI is InChI=1S/2C17H20N2O2.C14H22N2O2.C11H15NOS.C10H14N2O2.C10H15NS.C9H13NS.C8H17NOS.C8H15NS/c18-17(11-15-7-3-1-4-8-15)12-19(14-20)21-13-16-9-5-2-6-10-16;18-16(11-14-7-3-1-4-8-14)12-17(20)19-21-13-15-9-5-2-6-10-15;1-12(2)8-14(15)9-16(11-17)18-10-13-6-4-3-5-7-13;1-9(13)14-8-11(12)7-10-5-3-2-4-6-10;11-9(7-10(13)12-14)6-8-4-2-1-3-5-8;11-10(6-7-12)8-9-4-2-1-3-5-9;10-9(7-11)6-8-4-2-1-3-5-8;1-6(2)4-8(9)5-11-7(3)10;1-3-7(2)6-8(9)4-5-10/h1-10,14,17H,11-13,18H2;1-10,16H,11-13,18H2,(H,19,20);3-7,11-12,14H,8-10,15H2,1-2H3;2-6,11H,7-8,12H2,1H3;1-5,9,14H,6-7,11H2,(H,12,13);1-5,10,12H,6-8,11H2;1-5,9,11H,6-7,10H2;6,8H,4-5,9H2,1-3H3;3,8,10H,1-2,4-6,9H2. The molecule has 0 aliphatic heterocycles. The maximum atomic E-state index is 11.7. The number of benzene rings is 9. The van der Waals surface area contributed by atoms with Crippen molar-refractivity contribution in [1.82, 2.24) is 21.1 Å². The zero-order valence-corrected chi connectivity index (χ0v) is 82.4. The topological polar surface area (TPSA) is 415 Å². The summed E-state index contributed by atoms with van der Waals surface area (Å²) >= 11 is 15.0. The van der Waals surface area contributed by atoms with Crippen molar-refractivity contribution < 1.29 is 48.5 Å². The molecule has 0 bridgehead atoms. The molecule has 0 aromatic heterocycles. The highest BCUT2D eigenvalue weighted by Gasteiger charge is 2.16. The largest absolute Gasteiger partial charge is 0.327 e. The second-order valence-corrected chi connectivity index (χ2v) is 35.9. The Balaban J connectivity index is 0.000000752. The Morgan fingerprint density at radius 1 is 0.379 bits per heavy atom. The number of allylic oxidation sites excluding steroid dienone is 1. The van der Waals surface area contributed by atoms with Crippen LogP contribution in [0.25, 0.3) is 0 Å². The molecule has 28 heteroatoms. The number of rotatable bonds is 47. The first-order chi connectivity index (χ1) is 63.4. The molecule has 9 atom stereocenters. The number of nitrogens with zero attached hydrogens (tertiary/aromatic N) is 2. The zero-order chi connectivity index (χ0) is 97.7. The summed E-state index contributed by atoms with van der Waals surface area (Å²) in [5.41, 5.74) is 67.9.